The smallest absolute Gasteiger partial charge is 0.364 e. The van der Waals surface area contributed by atoms with Crippen LogP contribution in [0.5, 0.6) is 0 Å². The van der Waals surface area contributed by atoms with Crippen molar-refractivity contribution in [3.63, 3.8) is 0 Å². The number of aromatic nitrogens is 3. The molecule has 0 spiro atoms. The van der Waals surface area contributed by atoms with Gasteiger partial charge in [-0.15, -0.1) is 0 Å². The standard InChI is InChI=1S/C24H39N3O9S6/c1-22(2,3)40-34-19(37)31-13-10-25-16(28)26(11-14-32-20(38)35-41-23(4,5)6)18(30)27(17(25)29)12-15-33-21(39)36-42-24(7,8)9/h10-15H2,1-9H3. The molecule has 0 radical (unpaired) electrons. The summed E-state index contributed by atoms with van der Waals surface area (Å²) >= 11 is 18.5. The molecule has 0 bridgehead atoms. The third-order valence-electron chi connectivity index (χ3n) is 4.07. The van der Waals surface area contributed by atoms with E-state index in [0.29, 0.717) is 0 Å². The van der Waals surface area contributed by atoms with E-state index in [9.17, 15) is 14.4 Å². The molecule has 1 aromatic heterocycles. The zero-order chi connectivity index (χ0) is 32.3. The highest BCUT2D eigenvalue weighted by atomic mass is 32.2. The maximum absolute atomic E-state index is 13.2. The van der Waals surface area contributed by atoms with Gasteiger partial charge in [0, 0.05) is 50.9 Å². The first kappa shape index (κ1) is 38.6. The first-order valence-corrected chi connectivity index (χ1v) is 16.2. The third-order valence-corrected chi connectivity index (χ3v) is 7.19. The molecular formula is C24H39N3O9S6. The lowest BCUT2D eigenvalue weighted by molar-refractivity contribution is 0.218. The van der Waals surface area contributed by atoms with Crippen molar-refractivity contribution in [3.05, 3.63) is 31.5 Å². The van der Waals surface area contributed by atoms with Gasteiger partial charge in [-0.25, -0.2) is 28.1 Å². The number of rotatable bonds is 12. The minimum Gasteiger partial charge on any atom is -0.454 e. The number of hydrogen-bond donors (Lipinski definition) is 0. The van der Waals surface area contributed by atoms with Crippen LogP contribution in [0.1, 0.15) is 62.3 Å². The molecule has 1 aromatic rings. The fraction of sp³-hybridized carbons (Fsp3) is 0.750. The number of hydrogen-bond acceptors (Lipinski definition) is 15. The molecule has 1 rings (SSSR count). The van der Waals surface area contributed by atoms with Crippen molar-refractivity contribution >= 4 is 88.5 Å². The van der Waals surface area contributed by atoms with Crippen LogP contribution < -0.4 is 17.1 Å². The Kier molecular flexibility index (Phi) is 15.7. The van der Waals surface area contributed by atoms with Gasteiger partial charge in [-0.2, -0.15) is 0 Å². The lowest BCUT2D eigenvalue weighted by Crippen LogP contribution is -2.55. The predicted octanol–water partition coefficient (Wildman–Crippen LogP) is 4.47. The molecular weight excluding hydrogens is 667 g/mol. The largest absolute Gasteiger partial charge is 0.454 e. The van der Waals surface area contributed by atoms with Gasteiger partial charge in [-0.3, -0.25) is 0 Å². The molecule has 12 nitrogen and oxygen atoms in total. The highest BCUT2D eigenvalue weighted by Crippen LogP contribution is 2.26. The zero-order valence-electron chi connectivity index (χ0n) is 25.2. The van der Waals surface area contributed by atoms with Crippen molar-refractivity contribution in [2.24, 2.45) is 0 Å². The molecule has 0 fully saturated rings. The number of nitrogens with zero attached hydrogens (tertiary/aromatic N) is 3. The summed E-state index contributed by atoms with van der Waals surface area (Å²) in [5.74, 6) is 0. The summed E-state index contributed by atoms with van der Waals surface area (Å²) in [5.41, 5.74) is -2.58. The summed E-state index contributed by atoms with van der Waals surface area (Å²) in [5, 5.41) is -0.454. The second-order valence-electron chi connectivity index (χ2n) is 11.4. The van der Waals surface area contributed by atoms with Crippen LogP contribution >= 0.6 is 72.8 Å². The van der Waals surface area contributed by atoms with Crippen LogP contribution in [-0.4, -0.2) is 63.5 Å². The van der Waals surface area contributed by atoms with Gasteiger partial charge in [-0.1, -0.05) is 0 Å². The van der Waals surface area contributed by atoms with Crippen molar-refractivity contribution in [1.82, 2.24) is 13.7 Å². The molecule has 0 unspecified atom stereocenters. The number of ether oxygens (including phenoxy) is 3. The number of thiocarbonyl (C=S) groups is 3. The van der Waals surface area contributed by atoms with Gasteiger partial charge in [0.2, 0.25) is 0 Å². The molecule has 0 aliphatic heterocycles. The average molecular weight is 706 g/mol. The molecule has 0 atom stereocenters. The topological polar surface area (TPSA) is 121 Å². The molecule has 0 amide bonds. The molecule has 0 saturated carbocycles. The van der Waals surface area contributed by atoms with Crippen LogP contribution in [0, 0.1) is 0 Å². The zero-order valence-corrected chi connectivity index (χ0v) is 30.1. The summed E-state index contributed by atoms with van der Waals surface area (Å²) in [6.45, 7) is 16.3. The van der Waals surface area contributed by atoms with Crippen molar-refractivity contribution in [2.75, 3.05) is 19.8 Å². The monoisotopic (exact) mass is 705 g/mol. The fourth-order valence-electron chi connectivity index (χ4n) is 2.47. The molecule has 0 aromatic carbocycles. The lowest BCUT2D eigenvalue weighted by Gasteiger charge is -2.18. The van der Waals surface area contributed by atoms with Gasteiger partial charge >= 0.3 is 32.8 Å². The molecule has 18 heteroatoms. The molecule has 0 aliphatic carbocycles. The molecule has 0 aliphatic rings. The summed E-state index contributed by atoms with van der Waals surface area (Å²) in [7, 11) is 0. The minimum atomic E-state index is -0.860. The van der Waals surface area contributed by atoms with Gasteiger partial charge in [0.05, 0.1) is 55.8 Å². The minimum absolute atomic E-state index is 0.151. The van der Waals surface area contributed by atoms with E-state index in [4.69, 9.17) is 63.4 Å². The quantitative estimate of drug-likeness (QED) is 0.225. The van der Waals surface area contributed by atoms with E-state index in [0.717, 1.165) is 49.8 Å². The molecule has 42 heavy (non-hydrogen) atoms. The highest BCUT2D eigenvalue weighted by molar-refractivity contribution is 7.97. The van der Waals surface area contributed by atoms with E-state index in [-0.39, 0.29) is 69.4 Å². The van der Waals surface area contributed by atoms with E-state index >= 15 is 0 Å². The summed E-state index contributed by atoms with van der Waals surface area (Å²) in [6, 6.07) is 0. The lowest BCUT2D eigenvalue weighted by atomic mass is 10.3. The van der Waals surface area contributed by atoms with Gasteiger partial charge < -0.3 is 26.8 Å². The Morgan fingerprint density at radius 2 is 0.738 bits per heavy atom. The first-order chi connectivity index (χ1) is 19.2. The second-order valence-corrected chi connectivity index (χ2v) is 17.1. The Bertz CT molecular complexity index is 1070. The first-order valence-electron chi connectivity index (χ1n) is 12.7. The molecule has 0 saturated heterocycles. The van der Waals surface area contributed by atoms with Crippen LogP contribution in [0.4, 0.5) is 0 Å². The van der Waals surface area contributed by atoms with E-state index in [2.05, 4.69) is 0 Å². The van der Waals surface area contributed by atoms with Crippen molar-refractivity contribution in [2.45, 2.75) is 96.2 Å². The average Bonchev–Trinajstić information content (AvgIpc) is 2.85. The Labute approximate surface area is 275 Å². The normalized spacial score (nSPS) is 11.9. The fourth-order valence-corrected chi connectivity index (χ4v) is 4.12. The summed E-state index contributed by atoms with van der Waals surface area (Å²) < 4.78 is 33.9. The Morgan fingerprint density at radius 3 is 0.929 bits per heavy atom. The predicted molar refractivity (Wildman–Crippen MR) is 180 cm³/mol. The molecule has 240 valence electrons. The maximum Gasteiger partial charge on any atom is 0.364 e. The van der Waals surface area contributed by atoms with Gasteiger partial charge in [0.15, 0.2) is 0 Å². The van der Waals surface area contributed by atoms with Crippen LogP contribution in [0.3, 0.4) is 0 Å². The van der Waals surface area contributed by atoms with E-state index in [1.165, 1.54) is 0 Å². The third kappa shape index (κ3) is 15.8. The molecule has 1 heterocycles. The van der Waals surface area contributed by atoms with E-state index < -0.39 is 17.1 Å². The van der Waals surface area contributed by atoms with E-state index in [1.807, 2.05) is 62.3 Å². The SMILES string of the molecule is CC(C)(C)SOC(=S)OCCn1c(=O)n(CCOC(=S)OSC(C)(C)C)c(=O)n(CCOC(=S)OSC(C)(C)C)c1=O. The Balaban J connectivity index is 3.08. The second kappa shape index (κ2) is 17.1. The van der Waals surface area contributed by atoms with Crippen molar-refractivity contribution in [3.8, 4) is 0 Å². The Morgan fingerprint density at radius 1 is 0.524 bits per heavy atom. The highest BCUT2D eigenvalue weighted by Gasteiger charge is 2.19. The van der Waals surface area contributed by atoms with E-state index in [1.54, 1.807) is 0 Å². The van der Waals surface area contributed by atoms with Crippen LogP contribution in [0.2, 0.25) is 0 Å². The molecule has 0 N–H and O–H groups in total. The van der Waals surface area contributed by atoms with Gasteiger partial charge in [-0.05, 0) is 62.3 Å². The van der Waals surface area contributed by atoms with Crippen LogP contribution in [-0.2, 0) is 46.4 Å². The summed E-state index contributed by atoms with van der Waals surface area (Å²) in [6.07, 6.45) is 0. The van der Waals surface area contributed by atoms with Crippen molar-refractivity contribution < 1.29 is 26.8 Å². The van der Waals surface area contributed by atoms with Gasteiger partial charge in [0.25, 0.3) is 0 Å². The summed E-state index contributed by atoms with van der Waals surface area (Å²) in [4.78, 5) is 39.5. The van der Waals surface area contributed by atoms with Gasteiger partial charge in [0.1, 0.15) is 19.8 Å². The van der Waals surface area contributed by atoms with Crippen molar-refractivity contribution in [1.29, 1.82) is 0 Å². The Hall–Kier alpha value is -1.47. The maximum atomic E-state index is 13.2. The van der Waals surface area contributed by atoms with Crippen LogP contribution in [0.15, 0.2) is 14.4 Å². The van der Waals surface area contributed by atoms with Crippen LogP contribution in [0.25, 0.3) is 0 Å².